The predicted molar refractivity (Wildman–Crippen MR) is 99.1 cm³/mol. The smallest absolute Gasteiger partial charge is 0.321 e. The highest BCUT2D eigenvalue weighted by Crippen LogP contribution is 2.21. The van der Waals surface area contributed by atoms with Gasteiger partial charge in [0, 0.05) is 37.3 Å². The fraction of sp³-hybridized carbons (Fsp3) is 0.600. The summed E-state index contributed by atoms with van der Waals surface area (Å²) in [5.74, 6) is 0.0962. The minimum absolute atomic E-state index is 0.0557. The Labute approximate surface area is 150 Å². The summed E-state index contributed by atoms with van der Waals surface area (Å²) in [7, 11) is 0. The van der Waals surface area contributed by atoms with Crippen LogP contribution in [0.15, 0.2) is 24.3 Å². The SMILES string of the molecule is C[C@@H]1CCCCN1Cc1cccc(NC(=O)N2CCC(C#N)CC2)c1. The third kappa shape index (κ3) is 4.73. The van der Waals surface area contributed by atoms with Gasteiger partial charge in [-0.15, -0.1) is 0 Å². The number of rotatable bonds is 3. The van der Waals surface area contributed by atoms with Crippen molar-refractivity contribution in [3.8, 4) is 6.07 Å². The zero-order valence-electron chi connectivity index (χ0n) is 15.1. The maximum atomic E-state index is 12.4. The second kappa shape index (κ2) is 8.35. The summed E-state index contributed by atoms with van der Waals surface area (Å²) in [4.78, 5) is 16.8. The average molecular weight is 340 g/mol. The predicted octanol–water partition coefficient (Wildman–Crippen LogP) is 3.83. The monoisotopic (exact) mass is 340 g/mol. The third-order valence-electron chi connectivity index (χ3n) is 5.47. The van der Waals surface area contributed by atoms with Crippen molar-refractivity contribution in [1.82, 2.24) is 9.80 Å². The quantitative estimate of drug-likeness (QED) is 0.910. The van der Waals surface area contributed by atoms with Crippen molar-refractivity contribution in [3.63, 3.8) is 0 Å². The van der Waals surface area contributed by atoms with Gasteiger partial charge in [0.05, 0.1) is 6.07 Å². The number of urea groups is 1. The average Bonchev–Trinajstić information content (AvgIpc) is 2.64. The highest BCUT2D eigenvalue weighted by atomic mass is 16.2. The second-order valence-corrected chi connectivity index (χ2v) is 7.34. The van der Waals surface area contributed by atoms with Crippen LogP contribution in [-0.2, 0) is 6.54 Å². The molecule has 5 heteroatoms. The molecule has 3 rings (SSSR count). The van der Waals surface area contributed by atoms with E-state index in [1.807, 2.05) is 17.0 Å². The summed E-state index contributed by atoms with van der Waals surface area (Å²) in [6.45, 7) is 5.73. The Balaban J connectivity index is 1.56. The number of nitriles is 1. The highest BCUT2D eigenvalue weighted by molar-refractivity contribution is 5.89. The summed E-state index contributed by atoms with van der Waals surface area (Å²) in [6, 6.07) is 11.1. The fourth-order valence-corrected chi connectivity index (χ4v) is 3.79. The van der Waals surface area contributed by atoms with Crippen LogP contribution in [0, 0.1) is 17.2 Å². The van der Waals surface area contributed by atoms with E-state index in [0.717, 1.165) is 31.6 Å². The summed E-state index contributed by atoms with van der Waals surface area (Å²) in [5, 5.41) is 12.0. The van der Waals surface area contributed by atoms with Crippen molar-refractivity contribution in [2.45, 2.75) is 51.6 Å². The molecule has 25 heavy (non-hydrogen) atoms. The largest absolute Gasteiger partial charge is 0.324 e. The van der Waals surface area contributed by atoms with Crippen LogP contribution in [0.25, 0.3) is 0 Å². The maximum Gasteiger partial charge on any atom is 0.321 e. The third-order valence-corrected chi connectivity index (χ3v) is 5.47. The number of piperidine rings is 2. The Morgan fingerprint density at radius 2 is 2.04 bits per heavy atom. The van der Waals surface area contributed by atoms with Crippen LogP contribution in [0.1, 0.15) is 44.6 Å². The van der Waals surface area contributed by atoms with E-state index in [1.54, 1.807) is 0 Å². The van der Waals surface area contributed by atoms with E-state index in [-0.39, 0.29) is 11.9 Å². The zero-order chi connectivity index (χ0) is 17.6. The Morgan fingerprint density at radius 3 is 2.76 bits per heavy atom. The maximum absolute atomic E-state index is 12.4. The summed E-state index contributed by atoms with van der Waals surface area (Å²) >= 11 is 0. The number of anilines is 1. The molecule has 2 aliphatic heterocycles. The Hall–Kier alpha value is -2.06. The number of nitrogens with one attached hydrogen (secondary N) is 1. The van der Waals surface area contributed by atoms with E-state index >= 15 is 0 Å². The number of benzene rings is 1. The lowest BCUT2D eigenvalue weighted by Gasteiger charge is -2.33. The lowest BCUT2D eigenvalue weighted by atomic mass is 9.99. The highest BCUT2D eigenvalue weighted by Gasteiger charge is 2.23. The molecule has 2 heterocycles. The van der Waals surface area contributed by atoms with Crippen molar-refractivity contribution in [3.05, 3.63) is 29.8 Å². The van der Waals surface area contributed by atoms with Crippen molar-refractivity contribution < 1.29 is 4.79 Å². The first-order valence-electron chi connectivity index (χ1n) is 9.44. The second-order valence-electron chi connectivity index (χ2n) is 7.34. The summed E-state index contributed by atoms with van der Waals surface area (Å²) in [5.41, 5.74) is 2.10. The molecule has 0 aliphatic carbocycles. The van der Waals surface area contributed by atoms with Gasteiger partial charge in [-0.1, -0.05) is 18.6 Å². The van der Waals surface area contributed by atoms with Gasteiger partial charge in [0.15, 0.2) is 0 Å². The van der Waals surface area contributed by atoms with Gasteiger partial charge < -0.3 is 10.2 Å². The molecular formula is C20H28N4O. The van der Waals surface area contributed by atoms with Crippen LogP contribution < -0.4 is 5.32 Å². The van der Waals surface area contributed by atoms with E-state index in [4.69, 9.17) is 5.26 Å². The van der Waals surface area contributed by atoms with E-state index in [0.29, 0.717) is 19.1 Å². The molecule has 0 saturated carbocycles. The first-order chi connectivity index (χ1) is 12.2. The molecular weight excluding hydrogens is 312 g/mol. The number of hydrogen-bond donors (Lipinski definition) is 1. The van der Waals surface area contributed by atoms with Crippen LogP contribution in [0.2, 0.25) is 0 Å². The van der Waals surface area contributed by atoms with Gasteiger partial charge in [-0.2, -0.15) is 5.26 Å². The van der Waals surface area contributed by atoms with Crippen molar-refractivity contribution in [1.29, 1.82) is 5.26 Å². The normalized spacial score (nSPS) is 22.4. The number of carbonyl (C=O) groups excluding carboxylic acids is 1. The van der Waals surface area contributed by atoms with Gasteiger partial charge in [-0.25, -0.2) is 4.79 Å². The molecule has 0 bridgehead atoms. The molecule has 0 unspecified atom stereocenters. The topological polar surface area (TPSA) is 59.4 Å². The van der Waals surface area contributed by atoms with E-state index in [1.165, 1.54) is 24.8 Å². The molecule has 2 saturated heterocycles. The van der Waals surface area contributed by atoms with Crippen LogP contribution in [0.3, 0.4) is 0 Å². The molecule has 2 fully saturated rings. The van der Waals surface area contributed by atoms with Crippen molar-refractivity contribution >= 4 is 11.7 Å². The molecule has 1 N–H and O–H groups in total. The summed E-state index contributed by atoms with van der Waals surface area (Å²) < 4.78 is 0. The van der Waals surface area contributed by atoms with E-state index < -0.39 is 0 Å². The zero-order valence-corrected chi connectivity index (χ0v) is 15.1. The van der Waals surface area contributed by atoms with Crippen LogP contribution in [-0.4, -0.2) is 41.5 Å². The van der Waals surface area contributed by atoms with Gasteiger partial charge in [-0.3, -0.25) is 4.90 Å². The molecule has 1 atom stereocenters. The first-order valence-corrected chi connectivity index (χ1v) is 9.44. The van der Waals surface area contributed by atoms with E-state index in [9.17, 15) is 4.79 Å². The number of amides is 2. The molecule has 134 valence electrons. The van der Waals surface area contributed by atoms with Crippen LogP contribution in [0.4, 0.5) is 10.5 Å². The number of likely N-dealkylation sites (tertiary alicyclic amines) is 2. The molecule has 1 aromatic carbocycles. The van der Waals surface area contributed by atoms with Crippen molar-refractivity contribution in [2.24, 2.45) is 5.92 Å². The molecule has 5 nitrogen and oxygen atoms in total. The molecule has 0 radical (unpaired) electrons. The van der Waals surface area contributed by atoms with Gasteiger partial charge in [0.1, 0.15) is 0 Å². The van der Waals surface area contributed by atoms with E-state index in [2.05, 4.69) is 35.3 Å². The van der Waals surface area contributed by atoms with Gasteiger partial charge in [0.25, 0.3) is 0 Å². The Morgan fingerprint density at radius 1 is 1.24 bits per heavy atom. The van der Waals surface area contributed by atoms with Gasteiger partial charge in [-0.05, 0) is 56.8 Å². The fourth-order valence-electron chi connectivity index (χ4n) is 3.79. The van der Waals surface area contributed by atoms with Gasteiger partial charge in [0.2, 0.25) is 0 Å². The number of hydrogen-bond acceptors (Lipinski definition) is 3. The van der Waals surface area contributed by atoms with Crippen molar-refractivity contribution in [2.75, 3.05) is 25.0 Å². The molecule has 2 aliphatic rings. The number of carbonyl (C=O) groups is 1. The Kier molecular flexibility index (Phi) is 5.93. The minimum Gasteiger partial charge on any atom is -0.324 e. The molecule has 0 spiro atoms. The lowest BCUT2D eigenvalue weighted by molar-refractivity contribution is 0.152. The van der Waals surface area contributed by atoms with Crippen LogP contribution in [0.5, 0.6) is 0 Å². The van der Waals surface area contributed by atoms with Crippen LogP contribution >= 0.6 is 0 Å². The number of nitrogens with zero attached hydrogens (tertiary/aromatic N) is 3. The first kappa shape index (κ1) is 17.8. The van der Waals surface area contributed by atoms with Gasteiger partial charge >= 0.3 is 6.03 Å². The molecule has 1 aromatic rings. The molecule has 2 amide bonds. The standard InChI is InChI=1S/C20H28N4O/c1-16-5-2-3-10-24(16)15-18-6-4-7-19(13-18)22-20(25)23-11-8-17(14-21)9-12-23/h4,6-7,13,16-17H,2-3,5,8-12,15H2,1H3,(H,22,25)/t16-/m1/s1. The Bertz CT molecular complexity index is 631. The molecule has 0 aromatic heterocycles. The summed E-state index contributed by atoms with van der Waals surface area (Å²) in [6.07, 6.45) is 5.43. The minimum atomic E-state index is -0.0557. The lowest BCUT2D eigenvalue weighted by Crippen LogP contribution is -2.40.